The van der Waals surface area contributed by atoms with E-state index in [1.54, 1.807) is 17.3 Å². The Balaban J connectivity index is 1.58. The number of likely N-dealkylation sites (N-methyl/N-ethyl adjacent to an activating group) is 1. The lowest BCUT2D eigenvalue weighted by atomic mass is 9.96. The number of aromatic nitrogens is 3. The van der Waals surface area contributed by atoms with E-state index in [-0.39, 0.29) is 11.3 Å². The minimum absolute atomic E-state index is 0.176. The van der Waals surface area contributed by atoms with Crippen molar-refractivity contribution in [3.05, 3.63) is 66.1 Å². The van der Waals surface area contributed by atoms with Crippen LogP contribution in [0.15, 0.2) is 60.0 Å². The van der Waals surface area contributed by atoms with E-state index in [9.17, 15) is 14.7 Å². The predicted octanol–water partition coefficient (Wildman–Crippen LogP) is 5.23. The average molecular weight is 565 g/mol. The lowest BCUT2D eigenvalue weighted by molar-refractivity contribution is 0.0989. The molecule has 11 heteroatoms. The maximum absolute atomic E-state index is 13.6. The fourth-order valence-electron chi connectivity index (χ4n) is 4.56. The van der Waals surface area contributed by atoms with Gasteiger partial charge in [0.25, 0.3) is 5.91 Å². The van der Waals surface area contributed by atoms with E-state index in [2.05, 4.69) is 15.0 Å². The van der Waals surface area contributed by atoms with E-state index in [1.807, 2.05) is 81.4 Å². The van der Waals surface area contributed by atoms with Crippen LogP contribution in [0.25, 0.3) is 0 Å². The number of nitrogens with zero attached hydrogens (tertiary/aromatic N) is 6. The molecule has 0 fully saturated rings. The zero-order chi connectivity index (χ0) is 28.9. The zero-order valence-electron chi connectivity index (χ0n) is 23.6. The minimum atomic E-state index is -0.963. The maximum atomic E-state index is 13.6. The molecule has 1 N–H and O–H groups in total. The summed E-state index contributed by atoms with van der Waals surface area (Å²) in [5, 5.41) is 10.4. The second kappa shape index (κ2) is 12.5. The molecule has 2 aromatic heterocycles. The highest BCUT2D eigenvalue weighted by Gasteiger charge is 2.29. The van der Waals surface area contributed by atoms with Gasteiger partial charge in [0.15, 0.2) is 5.16 Å². The van der Waals surface area contributed by atoms with Gasteiger partial charge in [-0.05, 0) is 35.9 Å². The first-order chi connectivity index (χ1) is 19.1. The molecule has 0 saturated carbocycles. The van der Waals surface area contributed by atoms with Crippen molar-refractivity contribution in [3.63, 3.8) is 0 Å². The third-order valence-electron chi connectivity index (χ3n) is 6.45. The summed E-state index contributed by atoms with van der Waals surface area (Å²) < 4.78 is 6.42. The van der Waals surface area contributed by atoms with Gasteiger partial charge in [-0.15, -0.1) is 0 Å². The zero-order valence-corrected chi connectivity index (χ0v) is 24.4. The molecule has 1 aliphatic heterocycles. The number of rotatable bonds is 9. The predicted molar refractivity (Wildman–Crippen MR) is 156 cm³/mol. The number of hydrogen-bond acceptors (Lipinski definition) is 8. The SMILES string of the molecule is CSc1ncc2c(n1)N(C)CCN(c1cccc(OC(CCN(CC(C)(C)C)C(=O)O)c3ccccn3)c1)C2=O. The smallest absolute Gasteiger partial charge is 0.407 e. The molecule has 3 aromatic rings. The Morgan fingerprint density at radius 1 is 1.18 bits per heavy atom. The Morgan fingerprint density at radius 2 is 1.98 bits per heavy atom. The first-order valence-electron chi connectivity index (χ1n) is 13.2. The number of hydrogen-bond donors (Lipinski definition) is 1. The van der Waals surface area contributed by atoms with Gasteiger partial charge in [0.1, 0.15) is 23.2 Å². The Morgan fingerprint density at radius 3 is 2.65 bits per heavy atom. The molecule has 0 spiro atoms. The molecule has 0 radical (unpaired) electrons. The first-order valence-corrected chi connectivity index (χ1v) is 14.4. The van der Waals surface area contributed by atoms with Crippen LogP contribution in [-0.4, -0.2) is 76.4 Å². The van der Waals surface area contributed by atoms with Crippen molar-refractivity contribution in [2.45, 2.75) is 38.5 Å². The molecule has 1 atom stereocenters. The summed E-state index contributed by atoms with van der Waals surface area (Å²) in [6, 6.07) is 13.0. The number of thioether (sulfide) groups is 1. The summed E-state index contributed by atoms with van der Waals surface area (Å²) in [5.74, 6) is 1.00. The first kappa shape index (κ1) is 29.1. The monoisotopic (exact) mass is 564 g/mol. The number of benzene rings is 1. The molecule has 0 bridgehead atoms. The van der Waals surface area contributed by atoms with Crippen LogP contribution in [0.5, 0.6) is 5.75 Å². The highest BCUT2D eigenvalue weighted by atomic mass is 32.2. The molecule has 10 nitrogen and oxygen atoms in total. The number of carbonyl (C=O) groups excluding carboxylic acids is 1. The lowest BCUT2D eigenvalue weighted by Gasteiger charge is -2.29. The normalized spacial score (nSPS) is 14.4. The average Bonchev–Trinajstić information content (AvgIpc) is 3.05. The summed E-state index contributed by atoms with van der Waals surface area (Å²) in [5.41, 5.74) is 1.67. The van der Waals surface area contributed by atoms with Crippen molar-refractivity contribution >= 4 is 35.3 Å². The van der Waals surface area contributed by atoms with E-state index >= 15 is 0 Å². The molecule has 2 amide bonds. The van der Waals surface area contributed by atoms with E-state index in [0.717, 1.165) is 0 Å². The number of pyridine rings is 1. The lowest BCUT2D eigenvalue weighted by Crippen LogP contribution is -2.38. The molecule has 3 heterocycles. The highest BCUT2D eigenvalue weighted by Crippen LogP contribution is 2.31. The summed E-state index contributed by atoms with van der Waals surface area (Å²) in [6.07, 6.45) is 4.16. The van der Waals surface area contributed by atoms with Gasteiger partial charge in [-0.2, -0.15) is 0 Å². The third-order valence-corrected chi connectivity index (χ3v) is 7.01. The molecule has 4 rings (SSSR count). The second-order valence-electron chi connectivity index (χ2n) is 10.9. The molecule has 1 unspecified atom stereocenters. The van der Waals surface area contributed by atoms with Crippen molar-refractivity contribution in [1.82, 2.24) is 19.9 Å². The van der Waals surface area contributed by atoms with E-state index in [1.165, 1.54) is 16.7 Å². The second-order valence-corrected chi connectivity index (χ2v) is 11.7. The van der Waals surface area contributed by atoms with Gasteiger partial charge in [0.05, 0.1) is 5.69 Å². The molecule has 0 saturated heterocycles. The Kier molecular flexibility index (Phi) is 9.14. The largest absolute Gasteiger partial charge is 0.484 e. The van der Waals surface area contributed by atoms with Gasteiger partial charge in [-0.3, -0.25) is 9.78 Å². The van der Waals surface area contributed by atoms with Crippen LogP contribution in [0.3, 0.4) is 0 Å². The van der Waals surface area contributed by atoms with Crippen LogP contribution >= 0.6 is 11.8 Å². The molecule has 0 aliphatic carbocycles. The molecule has 1 aliphatic rings. The number of anilines is 2. The van der Waals surface area contributed by atoms with Gasteiger partial charge < -0.3 is 24.5 Å². The molecule has 212 valence electrons. The summed E-state index contributed by atoms with van der Waals surface area (Å²) in [6.45, 7) is 7.79. The van der Waals surface area contributed by atoms with Gasteiger partial charge in [0.2, 0.25) is 0 Å². The minimum Gasteiger partial charge on any atom is -0.484 e. The van der Waals surface area contributed by atoms with E-state index in [4.69, 9.17) is 4.74 Å². The molecular formula is C29H36N6O4S. The van der Waals surface area contributed by atoms with Crippen molar-refractivity contribution in [2.24, 2.45) is 5.41 Å². The van der Waals surface area contributed by atoms with E-state index < -0.39 is 12.2 Å². The highest BCUT2D eigenvalue weighted by molar-refractivity contribution is 7.98. The van der Waals surface area contributed by atoms with Crippen molar-refractivity contribution in [2.75, 3.05) is 49.3 Å². The number of carboxylic acid groups (broad SMARTS) is 1. The van der Waals surface area contributed by atoms with Crippen LogP contribution in [0.1, 0.15) is 49.3 Å². The Bertz CT molecular complexity index is 1330. The van der Waals surface area contributed by atoms with Gasteiger partial charge in [0, 0.05) is 63.8 Å². The van der Waals surface area contributed by atoms with Gasteiger partial charge >= 0.3 is 6.09 Å². The van der Waals surface area contributed by atoms with Gasteiger partial charge in [-0.1, -0.05) is 44.7 Å². The van der Waals surface area contributed by atoms with Crippen molar-refractivity contribution in [1.29, 1.82) is 0 Å². The fraction of sp³-hybridized carbons (Fsp3) is 0.414. The quantitative estimate of drug-likeness (QED) is 0.276. The summed E-state index contributed by atoms with van der Waals surface area (Å²) >= 11 is 1.43. The van der Waals surface area contributed by atoms with E-state index in [0.29, 0.717) is 66.3 Å². The number of carbonyl (C=O) groups is 2. The fourth-order valence-corrected chi connectivity index (χ4v) is 4.89. The van der Waals surface area contributed by atoms with Crippen LogP contribution in [0, 0.1) is 5.41 Å². The standard InChI is InChI=1S/C29H36N6O4S/c1-29(2,3)19-34(28(37)38)14-12-24(23-11-6-7-13-30-23)39-21-10-8-9-20(17-21)35-16-15-33(4)25-22(26(35)36)18-31-27(32-25)40-5/h6-11,13,17-18,24H,12,14-16,19H2,1-5H3,(H,37,38). The number of amides is 2. The number of fused-ring (bicyclic) bond motifs is 1. The Hall–Kier alpha value is -3.86. The number of ether oxygens (including phenoxy) is 1. The maximum Gasteiger partial charge on any atom is 0.407 e. The third kappa shape index (κ3) is 7.20. The molecule has 40 heavy (non-hydrogen) atoms. The molecule has 1 aromatic carbocycles. The Labute approximate surface area is 239 Å². The molecular weight excluding hydrogens is 528 g/mol. The van der Waals surface area contributed by atoms with Crippen molar-refractivity contribution in [3.8, 4) is 5.75 Å². The topological polar surface area (TPSA) is 112 Å². The summed E-state index contributed by atoms with van der Waals surface area (Å²) in [4.78, 5) is 44.0. The van der Waals surface area contributed by atoms with Crippen LogP contribution in [-0.2, 0) is 0 Å². The van der Waals surface area contributed by atoms with Gasteiger partial charge in [-0.25, -0.2) is 14.8 Å². The van der Waals surface area contributed by atoms with Crippen molar-refractivity contribution < 1.29 is 19.4 Å². The van der Waals surface area contributed by atoms with Crippen LogP contribution in [0.4, 0.5) is 16.3 Å². The summed E-state index contributed by atoms with van der Waals surface area (Å²) in [7, 11) is 1.92. The van der Waals surface area contributed by atoms with Crippen LogP contribution in [0.2, 0.25) is 0 Å². The van der Waals surface area contributed by atoms with Crippen LogP contribution < -0.4 is 14.5 Å².